The first-order valence-electron chi connectivity index (χ1n) is 6.05. The van der Waals surface area contributed by atoms with Crippen LogP contribution in [0.25, 0.3) is 0 Å². The van der Waals surface area contributed by atoms with E-state index in [1.54, 1.807) is 14.1 Å². The molecule has 6 nitrogen and oxygen atoms in total. The number of amides is 1. The van der Waals surface area contributed by atoms with Gasteiger partial charge in [-0.25, -0.2) is 4.79 Å². The molecule has 2 rings (SSSR count). The fraction of sp³-hybridized carbons (Fsp3) is 0.214. The minimum Gasteiger partial charge on any atom is -0.478 e. The summed E-state index contributed by atoms with van der Waals surface area (Å²) in [5.74, 6) is -1.53. The van der Waals surface area contributed by atoms with Crippen LogP contribution in [0.1, 0.15) is 26.4 Å². The summed E-state index contributed by atoms with van der Waals surface area (Å²) in [6.07, 6.45) is 1.19. The zero-order valence-corrected chi connectivity index (χ0v) is 11.3. The number of hydrogen-bond acceptors (Lipinski definition) is 3. The molecule has 1 heterocycles. The predicted molar refractivity (Wildman–Crippen MR) is 72.4 cm³/mol. The molecule has 0 unspecified atom stereocenters. The lowest BCUT2D eigenvalue weighted by Crippen LogP contribution is -2.29. The maximum absolute atomic E-state index is 12.4. The van der Waals surface area contributed by atoms with E-state index in [0.717, 1.165) is 5.56 Å². The molecule has 0 bridgehead atoms. The Morgan fingerprint density at radius 1 is 1.30 bits per heavy atom. The lowest BCUT2D eigenvalue weighted by molar-refractivity contribution is 0.0678. The summed E-state index contributed by atoms with van der Waals surface area (Å²) in [6, 6.07) is 9.49. The van der Waals surface area contributed by atoms with Crippen molar-refractivity contribution in [1.82, 2.24) is 14.7 Å². The van der Waals surface area contributed by atoms with E-state index in [-0.39, 0.29) is 17.2 Å². The molecule has 1 N–H and O–H groups in total. The molecule has 0 spiro atoms. The number of benzene rings is 1. The lowest BCUT2D eigenvalue weighted by Gasteiger charge is -2.17. The molecule has 6 heteroatoms. The number of carbonyl (C=O) groups excluding carboxylic acids is 1. The number of nitrogens with zero attached hydrogens (tertiary/aromatic N) is 3. The predicted octanol–water partition coefficient (Wildman–Crippen LogP) is 1.39. The third kappa shape index (κ3) is 2.69. The van der Waals surface area contributed by atoms with Crippen molar-refractivity contribution in [2.24, 2.45) is 7.05 Å². The van der Waals surface area contributed by atoms with Crippen molar-refractivity contribution in [2.45, 2.75) is 6.54 Å². The number of hydrogen-bond donors (Lipinski definition) is 1. The van der Waals surface area contributed by atoms with Crippen LogP contribution in [0, 0.1) is 0 Å². The van der Waals surface area contributed by atoms with Gasteiger partial charge in [0.2, 0.25) is 0 Å². The summed E-state index contributed by atoms with van der Waals surface area (Å²) in [4.78, 5) is 24.9. The van der Waals surface area contributed by atoms with Gasteiger partial charge in [-0.3, -0.25) is 9.48 Å². The molecule has 104 valence electrons. The molecule has 20 heavy (non-hydrogen) atoms. The fourth-order valence-electron chi connectivity index (χ4n) is 1.96. The normalized spacial score (nSPS) is 10.3. The van der Waals surface area contributed by atoms with Gasteiger partial charge in [-0.1, -0.05) is 30.3 Å². The zero-order valence-electron chi connectivity index (χ0n) is 11.3. The third-order valence-electron chi connectivity index (χ3n) is 2.98. The van der Waals surface area contributed by atoms with Crippen LogP contribution < -0.4 is 0 Å². The number of carboxylic acids is 1. The molecule has 0 saturated heterocycles. The Morgan fingerprint density at radius 3 is 2.55 bits per heavy atom. The second-order valence-corrected chi connectivity index (χ2v) is 4.48. The van der Waals surface area contributed by atoms with E-state index in [1.165, 1.54) is 15.8 Å². The Morgan fingerprint density at radius 2 is 1.95 bits per heavy atom. The molecule has 0 aliphatic carbocycles. The van der Waals surface area contributed by atoms with Crippen LogP contribution in [-0.2, 0) is 13.6 Å². The summed E-state index contributed by atoms with van der Waals surface area (Å²) in [6.45, 7) is 0.407. The monoisotopic (exact) mass is 273 g/mol. The van der Waals surface area contributed by atoms with Crippen molar-refractivity contribution < 1.29 is 14.7 Å². The number of rotatable bonds is 4. The van der Waals surface area contributed by atoms with Crippen molar-refractivity contribution in [3.63, 3.8) is 0 Å². The van der Waals surface area contributed by atoms with E-state index >= 15 is 0 Å². The van der Waals surface area contributed by atoms with Gasteiger partial charge in [-0.05, 0) is 5.56 Å². The van der Waals surface area contributed by atoms with Crippen LogP contribution in [0.4, 0.5) is 0 Å². The molecule has 0 atom stereocenters. The largest absolute Gasteiger partial charge is 0.478 e. The van der Waals surface area contributed by atoms with E-state index in [1.807, 2.05) is 30.3 Å². The maximum atomic E-state index is 12.4. The van der Waals surface area contributed by atoms with Crippen molar-refractivity contribution >= 4 is 11.9 Å². The highest BCUT2D eigenvalue weighted by atomic mass is 16.4. The highest BCUT2D eigenvalue weighted by molar-refractivity contribution is 6.03. The number of aromatic nitrogens is 2. The van der Waals surface area contributed by atoms with Gasteiger partial charge in [0.25, 0.3) is 5.91 Å². The molecule has 0 aliphatic rings. The molecule has 1 amide bonds. The molecule has 0 fully saturated rings. The van der Waals surface area contributed by atoms with Crippen molar-refractivity contribution in [3.8, 4) is 0 Å². The van der Waals surface area contributed by atoms with Crippen LogP contribution in [0.2, 0.25) is 0 Å². The van der Waals surface area contributed by atoms with Crippen LogP contribution in [-0.4, -0.2) is 38.7 Å². The second-order valence-electron chi connectivity index (χ2n) is 4.48. The van der Waals surface area contributed by atoms with Crippen molar-refractivity contribution in [3.05, 3.63) is 53.3 Å². The average Bonchev–Trinajstić information content (AvgIpc) is 2.81. The number of carboxylic acid groups (broad SMARTS) is 1. The maximum Gasteiger partial charge on any atom is 0.339 e. The van der Waals surface area contributed by atoms with Gasteiger partial charge in [0.1, 0.15) is 11.3 Å². The van der Waals surface area contributed by atoms with E-state index in [9.17, 15) is 9.59 Å². The van der Waals surface area contributed by atoms with Gasteiger partial charge in [0.15, 0.2) is 0 Å². The van der Waals surface area contributed by atoms with Crippen LogP contribution >= 0.6 is 0 Å². The highest BCUT2D eigenvalue weighted by Crippen LogP contribution is 2.12. The standard InChI is InChI=1S/C14H15N3O3/c1-16(9-10-6-4-3-5-7-10)13(18)12-11(14(19)20)8-15-17(12)2/h3-8H,9H2,1-2H3,(H,19,20). The Bertz CT molecular complexity index is 634. The quantitative estimate of drug-likeness (QED) is 0.913. The van der Waals surface area contributed by atoms with E-state index in [4.69, 9.17) is 5.11 Å². The highest BCUT2D eigenvalue weighted by Gasteiger charge is 2.24. The Labute approximate surface area is 116 Å². The number of aromatic carboxylic acids is 1. The molecular weight excluding hydrogens is 258 g/mol. The molecule has 0 aliphatic heterocycles. The first-order chi connectivity index (χ1) is 9.50. The van der Waals surface area contributed by atoms with Crippen LogP contribution in [0.5, 0.6) is 0 Å². The van der Waals surface area contributed by atoms with Gasteiger partial charge < -0.3 is 10.0 Å². The molecule has 1 aromatic heterocycles. The number of aryl methyl sites for hydroxylation is 1. The molecule has 2 aromatic rings. The van der Waals surface area contributed by atoms with Crippen LogP contribution in [0.3, 0.4) is 0 Å². The smallest absolute Gasteiger partial charge is 0.339 e. The SMILES string of the molecule is CN(Cc1ccccc1)C(=O)c1c(C(=O)O)cnn1C. The van der Waals surface area contributed by atoms with E-state index in [0.29, 0.717) is 6.54 Å². The van der Waals surface area contributed by atoms with Crippen molar-refractivity contribution in [2.75, 3.05) is 7.05 Å². The Hall–Kier alpha value is -2.63. The van der Waals surface area contributed by atoms with Crippen LogP contribution in [0.15, 0.2) is 36.5 Å². The molecule has 0 saturated carbocycles. The lowest BCUT2D eigenvalue weighted by atomic mass is 10.2. The Balaban J connectivity index is 2.23. The van der Waals surface area contributed by atoms with E-state index in [2.05, 4.69) is 5.10 Å². The summed E-state index contributed by atoms with van der Waals surface area (Å²) in [5.41, 5.74) is 0.968. The Kier molecular flexibility index (Phi) is 3.84. The van der Waals surface area contributed by atoms with Gasteiger partial charge in [0.05, 0.1) is 6.20 Å². The first-order valence-corrected chi connectivity index (χ1v) is 6.05. The topological polar surface area (TPSA) is 75.4 Å². The number of carbonyl (C=O) groups is 2. The van der Waals surface area contributed by atoms with Gasteiger partial charge in [-0.15, -0.1) is 0 Å². The van der Waals surface area contributed by atoms with E-state index < -0.39 is 5.97 Å². The summed E-state index contributed by atoms with van der Waals surface area (Å²) in [5, 5.41) is 12.9. The summed E-state index contributed by atoms with van der Waals surface area (Å²) < 4.78 is 1.28. The summed E-state index contributed by atoms with van der Waals surface area (Å²) in [7, 11) is 3.18. The molecular formula is C14H15N3O3. The first kappa shape index (κ1) is 13.8. The summed E-state index contributed by atoms with van der Waals surface area (Å²) >= 11 is 0. The zero-order chi connectivity index (χ0) is 14.7. The minimum absolute atomic E-state index is 0.0796. The second kappa shape index (κ2) is 5.56. The molecule has 1 aromatic carbocycles. The van der Waals surface area contributed by atoms with Crippen molar-refractivity contribution in [1.29, 1.82) is 0 Å². The molecule has 0 radical (unpaired) electrons. The van der Waals surface area contributed by atoms with Gasteiger partial charge in [0, 0.05) is 20.6 Å². The average molecular weight is 273 g/mol. The van der Waals surface area contributed by atoms with Gasteiger partial charge in [-0.2, -0.15) is 5.10 Å². The fourth-order valence-corrected chi connectivity index (χ4v) is 1.96. The third-order valence-corrected chi connectivity index (χ3v) is 2.98. The minimum atomic E-state index is -1.16. The van der Waals surface area contributed by atoms with Gasteiger partial charge >= 0.3 is 5.97 Å².